The van der Waals surface area contributed by atoms with Crippen molar-refractivity contribution in [2.24, 2.45) is 5.92 Å². The summed E-state index contributed by atoms with van der Waals surface area (Å²) in [5.74, 6) is -0.522. The lowest BCUT2D eigenvalue weighted by Gasteiger charge is -2.31. The molecule has 0 radical (unpaired) electrons. The summed E-state index contributed by atoms with van der Waals surface area (Å²) in [4.78, 5) is 25.5. The number of methoxy groups -OCH3 is 1. The van der Waals surface area contributed by atoms with Crippen LogP contribution in [0.15, 0.2) is 6.20 Å². The molecule has 1 fully saturated rings. The number of hydrogen-bond donors (Lipinski definition) is 1. The zero-order chi connectivity index (χ0) is 13.1. The fraction of sp³-hybridized carbons (Fsp3) is 0.583. The minimum absolute atomic E-state index is 0.0742. The predicted molar refractivity (Wildman–Crippen MR) is 64.0 cm³/mol. The van der Waals surface area contributed by atoms with Crippen LogP contribution in [-0.2, 0) is 9.53 Å². The molecule has 0 unspecified atom stereocenters. The minimum Gasteiger partial charge on any atom is -0.469 e. The molecule has 2 rings (SSSR count). The molecule has 18 heavy (non-hydrogen) atoms. The number of nitrogens with zero attached hydrogens (tertiary/aromatic N) is 2. The Morgan fingerprint density at radius 2 is 2.33 bits per heavy atom. The van der Waals surface area contributed by atoms with Crippen LogP contribution in [0.5, 0.6) is 0 Å². The molecule has 0 aromatic carbocycles. The van der Waals surface area contributed by atoms with Gasteiger partial charge in [0.2, 0.25) is 0 Å². The number of aryl methyl sites for hydroxylation is 1. The monoisotopic (exact) mass is 251 g/mol. The highest BCUT2D eigenvalue weighted by Crippen LogP contribution is 2.20. The van der Waals surface area contributed by atoms with Gasteiger partial charge in [-0.15, -0.1) is 0 Å². The maximum Gasteiger partial charge on any atom is 0.310 e. The fourth-order valence-electron chi connectivity index (χ4n) is 2.26. The Balaban J connectivity index is 2.07. The van der Waals surface area contributed by atoms with E-state index in [1.165, 1.54) is 13.3 Å². The Labute approximate surface area is 105 Å². The molecule has 1 aromatic rings. The van der Waals surface area contributed by atoms with Gasteiger partial charge in [0.25, 0.3) is 5.91 Å². The molecular formula is C12H17N3O3. The normalized spacial score (nSPS) is 19.7. The van der Waals surface area contributed by atoms with Gasteiger partial charge in [0, 0.05) is 18.8 Å². The highest BCUT2D eigenvalue weighted by Gasteiger charge is 2.30. The van der Waals surface area contributed by atoms with E-state index in [1.807, 2.05) is 6.92 Å². The molecule has 1 aromatic heterocycles. The Kier molecular flexibility index (Phi) is 3.64. The van der Waals surface area contributed by atoms with Crippen molar-refractivity contribution in [3.8, 4) is 0 Å². The van der Waals surface area contributed by atoms with Gasteiger partial charge in [0.1, 0.15) is 0 Å². The van der Waals surface area contributed by atoms with Crippen molar-refractivity contribution in [2.75, 3.05) is 20.2 Å². The lowest BCUT2D eigenvalue weighted by molar-refractivity contribution is -0.146. The number of nitrogens with one attached hydrogen (secondary N) is 1. The van der Waals surface area contributed by atoms with Gasteiger partial charge in [-0.3, -0.25) is 14.7 Å². The van der Waals surface area contributed by atoms with Gasteiger partial charge in [-0.1, -0.05) is 0 Å². The number of amides is 1. The summed E-state index contributed by atoms with van der Waals surface area (Å²) >= 11 is 0. The molecule has 1 N–H and O–H groups in total. The molecule has 0 saturated carbocycles. The van der Waals surface area contributed by atoms with Gasteiger partial charge >= 0.3 is 5.97 Å². The van der Waals surface area contributed by atoms with E-state index in [0.29, 0.717) is 18.7 Å². The second-order valence-electron chi connectivity index (χ2n) is 4.52. The first-order valence-electron chi connectivity index (χ1n) is 6.00. The van der Waals surface area contributed by atoms with E-state index in [4.69, 9.17) is 4.74 Å². The quantitative estimate of drug-likeness (QED) is 0.787. The maximum absolute atomic E-state index is 12.3. The lowest BCUT2D eigenvalue weighted by atomic mass is 9.97. The summed E-state index contributed by atoms with van der Waals surface area (Å²) in [5, 5.41) is 6.59. The van der Waals surface area contributed by atoms with Crippen LogP contribution < -0.4 is 0 Å². The summed E-state index contributed by atoms with van der Waals surface area (Å²) in [6.07, 6.45) is 3.13. The summed E-state index contributed by atoms with van der Waals surface area (Å²) in [6.45, 7) is 2.91. The third-order valence-electron chi connectivity index (χ3n) is 3.30. The fourth-order valence-corrected chi connectivity index (χ4v) is 2.26. The molecule has 0 bridgehead atoms. The van der Waals surface area contributed by atoms with Crippen molar-refractivity contribution < 1.29 is 14.3 Å². The van der Waals surface area contributed by atoms with E-state index in [0.717, 1.165) is 18.5 Å². The van der Waals surface area contributed by atoms with Crippen molar-refractivity contribution in [3.05, 3.63) is 17.5 Å². The molecule has 1 amide bonds. The molecule has 1 aliphatic rings. The van der Waals surface area contributed by atoms with E-state index in [1.54, 1.807) is 4.90 Å². The number of piperidine rings is 1. The highest BCUT2D eigenvalue weighted by atomic mass is 16.5. The Hall–Kier alpha value is -1.85. The van der Waals surface area contributed by atoms with Crippen LogP contribution in [0.1, 0.15) is 28.9 Å². The van der Waals surface area contributed by atoms with Gasteiger partial charge in [0.15, 0.2) is 0 Å². The number of esters is 1. The standard InChI is InChI=1S/C12H17N3O3/c1-8-10(6-13-14-8)11(16)15-5-3-4-9(7-15)12(17)18-2/h6,9H,3-5,7H2,1-2H3,(H,13,14)/t9-/m0/s1. The van der Waals surface area contributed by atoms with Crippen LogP contribution in [0.2, 0.25) is 0 Å². The lowest BCUT2D eigenvalue weighted by Crippen LogP contribution is -2.42. The Bertz CT molecular complexity index is 455. The first-order chi connectivity index (χ1) is 8.63. The van der Waals surface area contributed by atoms with Crippen molar-refractivity contribution in [1.29, 1.82) is 0 Å². The molecule has 6 nitrogen and oxygen atoms in total. The number of aromatic nitrogens is 2. The van der Waals surface area contributed by atoms with E-state index in [2.05, 4.69) is 10.2 Å². The predicted octanol–water partition coefficient (Wildman–Crippen LogP) is 0.743. The van der Waals surface area contributed by atoms with Gasteiger partial charge in [0.05, 0.1) is 24.8 Å². The molecular weight excluding hydrogens is 234 g/mol. The van der Waals surface area contributed by atoms with Crippen molar-refractivity contribution >= 4 is 11.9 Å². The van der Waals surface area contributed by atoms with Crippen molar-refractivity contribution in [1.82, 2.24) is 15.1 Å². The minimum atomic E-state index is -0.239. The summed E-state index contributed by atoms with van der Waals surface area (Å²) in [7, 11) is 1.38. The van der Waals surface area contributed by atoms with Crippen molar-refractivity contribution in [2.45, 2.75) is 19.8 Å². The van der Waals surface area contributed by atoms with Gasteiger partial charge in [-0.2, -0.15) is 5.10 Å². The molecule has 6 heteroatoms. The summed E-state index contributed by atoms with van der Waals surface area (Å²) in [5.41, 5.74) is 1.32. The van der Waals surface area contributed by atoms with Crippen LogP contribution in [0, 0.1) is 12.8 Å². The van der Waals surface area contributed by atoms with Crippen LogP contribution in [0.25, 0.3) is 0 Å². The molecule has 1 aliphatic heterocycles. The molecule has 0 aliphatic carbocycles. The number of aromatic amines is 1. The Morgan fingerprint density at radius 1 is 1.56 bits per heavy atom. The van der Waals surface area contributed by atoms with Gasteiger partial charge in [-0.05, 0) is 19.8 Å². The molecule has 1 saturated heterocycles. The number of likely N-dealkylation sites (tertiary alicyclic amines) is 1. The van der Waals surface area contributed by atoms with Crippen molar-refractivity contribution in [3.63, 3.8) is 0 Å². The van der Waals surface area contributed by atoms with Crippen LogP contribution >= 0.6 is 0 Å². The van der Waals surface area contributed by atoms with Crippen LogP contribution in [0.3, 0.4) is 0 Å². The highest BCUT2D eigenvalue weighted by molar-refractivity contribution is 5.95. The van der Waals surface area contributed by atoms with Crippen LogP contribution in [-0.4, -0.2) is 47.2 Å². The number of rotatable bonds is 2. The van der Waals surface area contributed by atoms with E-state index >= 15 is 0 Å². The van der Waals surface area contributed by atoms with Gasteiger partial charge in [-0.25, -0.2) is 0 Å². The van der Waals surface area contributed by atoms with E-state index in [9.17, 15) is 9.59 Å². The first-order valence-corrected chi connectivity index (χ1v) is 6.00. The second kappa shape index (κ2) is 5.20. The number of carbonyl (C=O) groups is 2. The smallest absolute Gasteiger partial charge is 0.310 e. The molecule has 0 spiro atoms. The average Bonchev–Trinajstić information content (AvgIpc) is 2.83. The number of ether oxygens (including phenoxy) is 1. The summed E-state index contributed by atoms with van der Waals surface area (Å²) in [6, 6.07) is 0. The Morgan fingerprint density at radius 3 is 2.94 bits per heavy atom. The van der Waals surface area contributed by atoms with Crippen LogP contribution in [0.4, 0.5) is 0 Å². The SMILES string of the molecule is COC(=O)[C@H]1CCCN(C(=O)c2cn[nH]c2C)C1. The zero-order valence-electron chi connectivity index (χ0n) is 10.6. The first kappa shape index (κ1) is 12.6. The third-order valence-corrected chi connectivity index (χ3v) is 3.30. The summed E-state index contributed by atoms with van der Waals surface area (Å²) < 4.78 is 4.74. The number of hydrogen-bond acceptors (Lipinski definition) is 4. The van der Waals surface area contributed by atoms with Gasteiger partial charge < -0.3 is 9.64 Å². The van der Waals surface area contributed by atoms with E-state index < -0.39 is 0 Å². The average molecular weight is 251 g/mol. The maximum atomic E-state index is 12.3. The third kappa shape index (κ3) is 2.37. The molecule has 98 valence electrons. The van der Waals surface area contributed by atoms with E-state index in [-0.39, 0.29) is 17.8 Å². The largest absolute Gasteiger partial charge is 0.469 e. The number of H-pyrrole nitrogens is 1. The molecule has 1 atom stereocenters. The zero-order valence-corrected chi connectivity index (χ0v) is 10.6. The topological polar surface area (TPSA) is 75.3 Å². The second-order valence-corrected chi connectivity index (χ2v) is 4.52. The molecule has 2 heterocycles. The number of carbonyl (C=O) groups excluding carboxylic acids is 2.